The van der Waals surface area contributed by atoms with Crippen molar-refractivity contribution in [3.05, 3.63) is 0 Å². The van der Waals surface area contributed by atoms with Gasteiger partial charge in [0.1, 0.15) is 0 Å². The van der Waals surface area contributed by atoms with Gasteiger partial charge in [-0.15, -0.1) is 0 Å². The first-order valence-electron chi connectivity index (χ1n) is 6.20. The number of hydrogen-bond acceptors (Lipinski definition) is 2. The van der Waals surface area contributed by atoms with Crippen molar-refractivity contribution in [1.82, 2.24) is 10.2 Å². The topological polar surface area (TPSA) is 32.3 Å². The minimum atomic E-state index is 0.0584. The number of hydrogen-bond donors (Lipinski definition) is 1. The molecule has 86 valence electrons. The van der Waals surface area contributed by atoms with Crippen LogP contribution in [0.1, 0.15) is 39.0 Å². The Balaban J connectivity index is 2.05. The van der Waals surface area contributed by atoms with Gasteiger partial charge in [-0.1, -0.05) is 6.92 Å². The van der Waals surface area contributed by atoms with Gasteiger partial charge in [0.15, 0.2) is 0 Å². The van der Waals surface area contributed by atoms with E-state index in [4.69, 9.17) is 0 Å². The van der Waals surface area contributed by atoms with Gasteiger partial charge in [0, 0.05) is 12.6 Å². The molecule has 1 saturated carbocycles. The molecule has 0 bridgehead atoms. The summed E-state index contributed by atoms with van der Waals surface area (Å²) in [4.78, 5) is 14.4. The SMILES string of the molecule is CNC1CC(C)CCN(C2CCC2)C1=O. The number of nitrogens with one attached hydrogen (secondary N) is 1. The van der Waals surface area contributed by atoms with Gasteiger partial charge in [-0.05, 0) is 45.1 Å². The van der Waals surface area contributed by atoms with Crippen molar-refractivity contribution in [3.8, 4) is 0 Å². The summed E-state index contributed by atoms with van der Waals surface area (Å²) >= 11 is 0. The van der Waals surface area contributed by atoms with Crippen LogP contribution in [0.2, 0.25) is 0 Å². The fraction of sp³-hybridized carbons (Fsp3) is 0.917. The van der Waals surface area contributed by atoms with Crippen LogP contribution in [0, 0.1) is 5.92 Å². The van der Waals surface area contributed by atoms with Crippen LogP contribution >= 0.6 is 0 Å². The predicted octanol–water partition coefficient (Wildman–Crippen LogP) is 1.39. The first-order chi connectivity index (χ1) is 7.22. The minimum absolute atomic E-state index is 0.0584. The number of amides is 1. The predicted molar refractivity (Wildman–Crippen MR) is 60.6 cm³/mol. The Morgan fingerprint density at radius 1 is 1.33 bits per heavy atom. The number of likely N-dealkylation sites (tertiary alicyclic amines) is 1. The number of rotatable bonds is 2. The molecular weight excluding hydrogens is 188 g/mol. The van der Waals surface area contributed by atoms with Crippen LogP contribution in [0.5, 0.6) is 0 Å². The van der Waals surface area contributed by atoms with Crippen molar-refractivity contribution >= 4 is 5.91 Å². The molecule has 0 aromatic carbocycles. The quantitative estimate of drug-likeness (QED) is 0.747. The van der Waals surface area contributed by atoms with E-state index in [-0.39, 0.29) is 6.04 Å². The summed E-state index contributed by atoms with van der Waals surface area (Å²) in [7, 11) is 1.90. The summed E-state index contributed by atoms with van der Waals surface area (Å²) in [5.74, 6) is 1.00. The second-order valence-electron chi connectivity index (χ2n) is 5.09. The van der Waals surface area contributed by atoms with Crippen molar-refractivity contribution in [1.29, 1.82) is 0 Å². The van der Waals surface area contributed by atoms with Crippen LogP contribution in [-0.2, 0) is 4.79 Å². The zero-order chi connectivity index (χ0) is 10.8. The summed E-state index contributed by atoms with van der Waals surface area (Å²) in [6.07, 6.45) is 5.90. The molecule has 2 fully saturated rings. The van der Waals surface area contributed by atoms with Gasteiger partial charge in [-0.25, -0.2) is 0 Å². The number of carbonyl (C=O) groups excluding carboxylic acids is 1. The molecule has 2 atom stereocenters. The van der Waals surface area contributed by atoms with Gasteiger partial charge in [0.05, 0.1) is 6.04 Å². The maximum absolute atomic E-state index is 12.2. The fourth-order valence-corrected chi connectivity index (χ4v) is 2.59. The highest BCUT2D eigenvalue weighted by atomic mass is 16.2. The van der Waals surface area contributed by atoms with E-state index in [1.165, 1.54) is 25.7 Å². The molecule has 2 unspecified atom stereocenters. The van der Waals surface area contributed by atoms with E-state index < -0.39 is 0 Å². The van der Waals surface area contributed by atoms with Crippen LogP contribution < -0.4 is 5.32 Å². The van der Waals surface area contributed by atoms with Crippen LogP contribution in [0.4, 0.5) is 0 Å². The Labute approximate surface area is 92.2 Å². The summed E-state index contributed by atoms with van der Waals surface area (Å²) in [6, 6.07) is 0.613. The summed E-state index contributed by atoms with van der Waals surface area (Å²) in [5.41, 5.74) is 0. The van der Waals surface area contributed by atoms with E-state index in [9.17, 15) is 4.79 Å². The molecule has 2 rings (SSSR count). The molecule has 0 aromatic heterocycles. The van der Waals surface area contributed by atoms with E-state index >= 15 is 0 Å². The Bertz CT molecular complexity index is 238. The lowest BCUT2D eigenvalue weighted by Crippen LogP contribution is -2.50. The summed E-state index contributed by atoms with van der Waals surface area (Å²) in [6.45, 7) is 3.23. The average Bonchev–Trinajstić information content (AvgIpc) is 2.28. The lowest BCUT2D eigenvalue weighted by molar-refractivity contribution is -0.136. The fourth-order valence-electron chi connectivity index (χ4n) is 2.59. The molecule has 2 aliphatic rings. The van der Waals surface area contributed by atoms with E-state index in [1.54, 1.807) is 0 Å². The van der Waals surface area contributed by atoms with E-state index in [2.05, 4.69) is 17.1 Å². The van der Waals surface area contributed by atoms with Gasteiger partial charge < -0.3 is 10.2 Å². The van der Waals surface area contributed by atoms with Gasteiger partial charge >= 0.3 is 0 Å². The van der Waals surface area contributed by atoms with Gasteiger partial charge in [0.2, 0.25) is 5.91 Å². The highest BCUT2D eigenvalue weighted by molar-refractivity contribution is 5.82. The van der Waals surface area contributed by atoms with Gasteiger partial charge in [0.25, 0.3) is 0 Å². The maximum atomic E-state index is 12.2. The third-order valence-corrected chi connectivity index (χ3v) is 3.95. The molecule has 3 heteroatoms. The Morgan fingerprint density at radius 2 is 2.07 bits per heavy atom. The Hall–Kier alpha value is -0.570. The molecule has 1 amide bonds. The lowest BCUT2D eigenvalue weighted by Gasteiger charge is -2.38. The maximum Gasteiger partial charge on any atom is 0.239 e. The standard InChI is InChI=1S/C12H22N2O/c1-9-6-7-14(10-4-3-5-10)12(15)11(8-9)13-2/h9-11,13H,3-8H2,1-2H3. The first-order valence-corrected chi connectivity index (χ1v) is 6.20. The van der Waals surface area contributed by atoms with Crippen LogP contribution in [0.25, 0.3) is 0 Å². The monoisotopic (exact) mass is 210 g/mol. The number of nitrogens with zero attached hydrogens (tertiary/aromatic N) is 1. The molecule has 0 aromatic rings. The molecule has 0 spiro atoms. The largest absolute Gasteiger partial charge is 0.338 e. The van der Waals surface area contributed by atoms with Gasteiger partial charge in [-0.2, -0.15) is 0 Å². The third kappa shape index (κ3) is 2.17. The average molecular weight is 210 g/mol. The second-order valence-corrected chi connectivity index (χ2v) is 5.09. The van der Waals surface area contributed by atoms with Crippen molar-refractivity contribution in [3.63, 3.8) is 0 Å². The molecule has 1 N–H and O–H groups in total. The van der Waals surface area contributed by atoms with Crippen molar-refractivity contribution in [2.45, 2.75) is 51.1 Å². The van der Waals surface area contributed by atoms with Crippen molar-refractivity contribution < 1.29 is 4.79 Å². The van der Waals surface area contributed by atoms with Crippen LogP contribution in [0.15, 0.2) is 0 Å². The molecule has 3 nitrogen and oxygen atoms in total. The molecule has 0 radical (unpaired) electrons. The number of likely N-dealkylation sites (N-methyl/N-ethyl adjacent to an activating group) is 1. The zero-order valence-corrected chi connectivity index (χ0v) is 9.83. The van der Waals surface area contributed by atoms with E-state index in [0.29, 0.717) is 17.9 Å². The summed E-state index contributed by atoms with van der Waals surface area (Å²) in [5, 5.41) is 3.17. The molecule has 15 heavy (non-hydrogen) atoms. The second kappa shape index (κ2) is 4.52. The summed E-state index contributed by atoms with van der Waals surface area (Å²) < 4.78 is 0. The minimum Gasteiger partial charge on any atom is -0.338 e. The highest BCUT2D eigenvalue weighted by Gasteiger charge is 2.34. The smallest absolute Gasteiger partial charge is 0.239 e. The highest BCUT2D eigenvalue weighted by Crippen LogP contribution is 2.28. The van der Waals surface area contributed by atoms with Crippen molar-refractivity contribution in [2.24, 2.45) is 5.92 Å². The first kappa shape index (κ1) is 10.9. The third-order valence-electron chi connectivity index (χ3n) is 3.95. The molecular formula is C12H22N2O. The van der Waals surface area contributed by atoms with E-state index in [1.807, 2.05) is 7.05 Å². The van der Waals surface area contributed by atoms with Crippen molar-refractivity contribution in [2.75, 3.05) is 13.6 Å². The molecule has 1 saturated heterocycles. The molecule has 1 heterocycles. The number of carbonyl (C=O) groups is 1. The van der Waals surface area contributed by atoms with Crippen LogP contribution in [0.3, 0.4) is 0 Å². The van der Waals surface area contributed by atoms with Gasteiger partial charge in [-0.3, -0.25) is 4.79 Å². The molecule has 1 aliphatic carbocycles. The van der Waals surface area contributed by atoms with Crippen LogP contribution in [-0.4, -0.2) is 36.5 Å². The lowest BCUT2D eigenvalue weighted by atomic mass is 9.91. The Morgan fingerprint density at radius 3 is 2.60 bits per heavy atom. The molecule has 1 aliphatic heterocycles. The normalized spacial score (nSPS) is 33.7. The van der Waals surface area contributed by atoms with E-state index in [0.717, 1.165) is 13.0 Å². The zero-order valence-electron chi connectivity index (χ0n) is 9.83. The Kier molecular flexibility index (Phi) is 3.29.